The number of halogens is 2. The van der Waals surface area contributed by atoms with Crippen LogP contribution in [-0.2, 0) is 4.79 Å². The van der Waals surface area contributed by atoms with E-state index in [0.29, 0.717) is 5.75 Å². The molecule has 8 heteroatoms. The number of benzene rings is 1. The second kappa shape index (κ2) is 8.89. The highest BCUT2D eigenvalue weighted by Gasteiger charge is 2.22. The van der Waals surface area contributed by atoms with Crippen LogP contribution in [0.15, 0.2) is 29.2 Å². The van der Waals surface area contributed by atoms with E-state index in [1.54, 1.807) is 12.1 Å². The highest BCUT2D eigenvalue weighted by molar-refractivity contribution is 7.99. The fourth-order valence-electron chi connectivity index (χ4n) is 1.58. The van der Waals surface area contributed by atoms with Crippen molar-refractivity contribution in [1.29, 1.82) is 0 Å². The van der Waals surface area contributed by atoms with E-state index in [4.69, 9.17) is 5.11 Å². The molecule has 0 aromatic heterocycles. The minimum atomic E-state index is -2.65. The zero-order valence-corrected chi connectivity index (χ0v) is 12.8. The molecule has 21 heavy (non-hydrogen) atoms. The van der Waals surface area contributed by atoms with Crippen LogP contribution in [0.4, 0.5) is 8.78 Å². The van der Waals surface area contributed by atoms with Gasteiger partial charge in [0.05, 0.1) is 5.56 Å². The Morgan fingerprint density at radius 1 is 1.33 bits per heavy atom. The van der Waals surface area contributed by atoms with E-state index in [1.165, 1.54) is 23.9 Å². The van der Waals surface area contributed by atoms with E-state index >= 15 is 0 Å². The lowest BCUT2D eigenvalue weighted by atomic mass is 10.1. The molecule has 4 nitrogen and oxygen atoms in total. The Morgan fingerprint density at radius 2 is 2.00 bits per heavy atom. The fourth-order valence-corrected chi connectivity index (χ4v) is 2.69. The summed E-state index contributed by atoms with van der Waals surface area (Å²) < 4.78 is 24.9. The minimum absolute atomic E-state index is 0.0539. The number of amides is 1. The molecule has 0 heterocycles. The average Bonchev–Trinajstić information content (AvgIpc) is 2.42. The van der Waals surface area contributed by atoms with Crippen molar-refractivity contribution in [2.45, 2.75) is 23.1 Å². The maximum Gasteiger partial charge on any atom is 0.326 e. The Bertz CT molecular complexity index is 500. The van der Waals surface area contributed by atoms with Crippen LogP contribution < -0.4 is 5.32 Å². The molecule has 0 fully saturated rings. The highest BCUT2D eigenvalue weighted by atomic mass is 32.2. The van der Waals surface area contributed by atoms with Gasteiger partial charge in [-0.25, -0.2) is 4.79 Å². The number of carbonyl (C=O) groups is 2. The fraction of sp³-hybridized carbons (Fsp3) is 0.385. The predicted molar refractivity (Wildman–Crippen MR) is 80.2 cm³/mol. The van der Waals surface area contributed by atoms with Crippen LogP contribution in [0.3, 0.4) is 0 Å². The molecule has 1 rings (SSSR count). The van der Waals surface area contributed by atoms with Crippen LogP contribution in [0.2, 0.25) is 0 Å². The Hall–Kier alpha value is -1.28. The summed E-state index contributed by atoms with van der Waals surface area (Å²) >= 11 is 1.72. The van der Waals surface area contributed by atoms with Crippen molar-refractivity contribution in [3.8, 4) is 0 Å². The summed E-state index contributed by atoms with van der Waals surface area (Å²) in [6.45, 7) is 0. The zero-order chi connectivity index (χ0) is 15.8. The smallest absolute Gasteiger partial charge is 0.326 e. The molecule has 0 aliphatic carbocycles. The molecular formula is C13H15F2NO3S2. The van der Waals surface area contributed by atoms with Gasteiger partial charge in [-0.2, -0.15) is 20.5 Å². The summed E-state index contributed by atoms with van der Waals surface area (Å²) in [5.74, 6) is -3.88. The Labute approximate surface area is 129 Å². The monoisotopic (exact) mass is 335 g/mol. The highest BCUT2D eigenvalue weighted by Crippen LogP contribution is 2.28. The largest absolute Gasteiger partial charge is 0.480 e. The second-order valence-corrected chi connectivity index (χ2v) is 6.04. The maximum absolute atomic E-state index is 12.5. The number of hydrogen-bond donors (Lipinski definition) is 2. The van der Waals surface area contributed by atoms with Gasteiger partial charge in [0.15, 0.2) is 0 Å². The van der Waals surface area contributed by atoms with Crippen LogP contribution >= 0.6 is 23.5 Å². The second-order valence-electron chi connectivity index (χ2n) is 4.02. The molecule has 0 aliphatic rings. The lowest BCUT2D eigenvalue weighted by Gasteiger charge is -2.15. The summed E-state index contributed by atoms with van der Waals surface area (Å²) in [5.41, 5.74) is 0.0539. The van der Waals surface area contributed by atoms with Gasteiger partial charge in [-0.3, -0.25) is 4.79 Å². The standard InChI is InChI=1S/C13H15F2NO3S2/c1-20-7-6-9(12(18)19)16-11(17)8-4-2-3-5-10(8)21-13(14)15/h2-5,9,13H,6-7H2,1H3,(H,16,17)(H,18,19)/t9-/m1/s1. The molecule has 0 unspecified atom stereocenters. The lowest BCUT2D eigenvalue weighted by Crippen LogP contribution is -2.41. The zero-order valence-electron chi connectivity index (χ0n) is 11.2. The molecule has 0 spiro atoms. The van der Waals surface area contributed by atoms with E-state index < -0.39 is 23.7 Å². The first kappa shape index (κ1) is 17.8. The van der Waals surface area contributed by atoms with Crippen LogP contribution in [0, 0.1) is 0 Å². The van der Waals surface area contributed by atoms with Crippen LogP contribution in [0.1, 0.15) is 16.8 Å². The first-order valence-electron chi connectivity index (χ1n) is 6.02. The van der Waals surface area contributed by atoms with E-state index in [1.807, 2.05) is 6.26 Å². The van der Waals surface area contributed by atoms with Crippen molar-refractivity contribution < 1.29 is 23.5 Å². The minimum Gasteiger partial charge on any atom is -0.480 e. The van der Waals surface area contributed by atoms with Crippen molar-refractivity contribution in [2.75, 3.05) is 12.0 Å². The lowest BCUT2D eigenvalue weighted by molar-refractivity contribution is -0.139. The van der Waals surface area contributed by atoms with Gasteiger partial charge in [0.25, 0.3) is 11.7 Å². The van der Waals surface area contributed by atoms with Gasteiger partial charge in [0, 0.05) is 4.90 Å². The van der Waals surface area contributed by atoms with Gasteiger partial charge in [-0.05, 0) is 30.6 Å². The quantitative estimate of drug-likeness (QED) is 0.715. The summed E-state index contributed by atoms with van der Waals surface area (Å²) in [7, 11) is 0. The van der Waals surface area contributed by atoms with Gasteiger partial charge >= 0.3 is 5.97 Å². The predicted octanol–water partition coefficient (Wildman–Crippen LogP) is 2.94. The number of hydrogen-bond acceptors (Lipinski definition) is 4. The van der Waals surface area contributed by atoms with Gasteiger partial charge < -0.3 is 10.4 Å². The van der Waals surface area contributed by atoms with E-state index in [9.17, 15) is 18.4 Å². The molecule has 1 aromatic rings. The van der Waals surface area contributed by atoms with Crippen molar-refractivity contribution in [3.05, 3.63) is 29.8 Å². The van der Waals surface area contributed by atoms with Gasteiger partial charge in [0.2, 0.25) is 0 Å². The normalized spacial score (nSPS) is 12.2. The number of nitrogens with one attached hydrogen (secondary N) is 1. The summed E-state index contributed by atoms with van der Waals surface area (Å²) in [6.07, 6.45) is 2.10. The number of rotatable bonds is 8. The van der Waals surface area contributed by atoms with Crippen LogP contribution in [0.25, 0.3) is 0 Å². The number of carboxylic acid groups (broad SMARTS) is 1. The van der Waals surface area contributed by atoms with Crippen molar-refractivity contribution in [2.24, 2.45) is 0 Å². The third kappa shape index (κ3) is 5.92. The molecule has 2 N–H and O–H groups in total. The SMILES string of the molecule is CSCC[C@@H](NC(=O)c1ccccc1SC(F)F)C(=O)O. The first-order valence-corrected chi connectivity index (χ1v) is 8.29. The average molecular weight is 335 g/mol. The van der Waals surface area contributed by atoms with E-state index in [-0.39, 0.29) is 28.6 Å². The van der Waals surface area contributed by atoms with Gasteiger partial charge in [-0.15, -0.1) is 0 Å². The molecule has 0 radical (unpaired) electrons. The number of thioether (sulfide) groups is 2. The molecule has 0 saturated carbocycles. The van der Waals surface area contributed by atoms with Crippen molar-refractivity contribution >= 4 is 35.4 Å². The third-order valence-corrected chi connectivity index (χ3v) is 3.99. The summed E-state index contributed by atoms with van der Waals surface area (Å²) in [4.78, 5) is 23.3. The number of carbonyl (C=O) groups excluding carboxylic acids is 1. The Balaban J connectivity index is 2.84. The third-order valence-electron chi connectivity index (χ3n) is 2.56. The number of carboxylic acids is 1. The summed E-state index contributed by atoms with van der Waals surface area (Å²) in [5, 5.41) is 11.4. The molecule has 1 aromatic carbocycles. The van der Waals surface area contributed by atoms with Crippen LogP contribution in [0.5, 0.6) is 0 Å². The Morgan fingerprint density at radius 3 is 2.57 bits per heavy atom. The van der Waals surface area contributed by atoms with Gasteiger partial charge in [0.1, 0.15) is 6.04 Å². The van der Waals surface area contributed by atoms with Crippen molar-refractivity contribution in [1.82, 2.24) is 5.32 Å². The first-order chi connectivity index (χ1) is 9.95. The topological polar surface area (TPSA) is 66.4 Å². The molecule has 0 bridgehead atoms. The van der Waals surface area contributed by atoms with E-state index in [0.717, 1.165) is 0 Å². The molecular weight excluding hydrogens is 320 g/mol. The molecule has 0 saturated heterocycles. The number of alkyl halides is 2. The maximum atomic E-state index is 12.5. The molecule has 116 valence electrons. The number of aliphatic carboxylic acids is 1. The molecule has 1 amide bonds. The molecule has 1 atom stereocenters. The Kier molecular flexibility index (Phi) is 7.52. The van der Waals surface area contributed by atoms with E-state index in [2.05, 4.69) is 5.32 Å². The van der Waals surface area contributed by atoms with Crippen molar-refractivity contribution in [3.63, 3.8) is 0 Å². The molecule has 0 aliphatic heterocycles. The summed E-state index contributed by atoms with van der Waals surface area (Å²) in [6, 6.07) is 4.86. The van der Waals surface area contributed by atoms with Crippen LogP contribution in [-0.4, -0.2) is 40.8 Å². The van der Waals surface area contributed by atoms with Gasteiger partial charge in [-0.1, -0.05) is 23.9 Å².